The lowest BCUT2D eigenvalue weighted by molar-refractivity contribution is -0.139. The molecule has 0 spiro atoms. The van der Waals surface area contributed by atoms with Gasteiger partial charge in [0.2, 0.25) is 0 Å². The Kier molecular flexibility index (Phi) is 10.2. The zero-order valence-corrected chi connectivity index (χ0v) is 23.3. The van der Waals surface area contributed by atoms with E-state index in [1.54, 1.807) is 36.3 Å². The van der Waals surface area contributed by atoms with Crippen LogP contribution in [-0.2, 0) is 9.59 Å². The van der Waals surface area contributed by atoms with E-state index in [0.717, 1.165) is 13.0 Å². The van der Waals surface area contributed by atoms with Gasteiger partial charge in [-0.3, -0.25) is 9.59 Å². The van der Waals surface area contributed by atoms with Gasteiger partial charge in [0, 0.05) is 12.1 Å². The number of methoxy groups -OCH3 is 1. The monoisotopic (exact) mass is 524 g/mol. The summed E-state index contributed by atoms with van der Waals surface area (Å²) in [4.78, 5) is 30.1. The molecule has 1 aliphatic heterocycles. The summed E-state index contributed by atoms with van der Waals surface area (Å²) in [6.07, 6.45) is 1.58. The fraction of sp³-hybridized carbons (Fsp3) is 0.467. The molecule has 1 unspecified atom stereocenters. The SMILES string of the molecule is CCOc1cc(C2/C(=C(\O)c3ccc(OC)cc3)C(=O)C(=O)N2CCCN(C)C)ccc1OCCC(C)C. The van der Waals surface area contributed by atoms with Crippen LogP contribution in [0.2, 0.25) is 0 Å². The van der Waals surface area contributed by atoms with Crippen molar-refractivity contribution in [3.8, 4) is 17.2 Å². The molecule has 1 amide bonds. The third-order valence-corrected chi connectivity index (χ3v) is 6.44. The zero-order valence-electron chi connectivity index (χ0n) is 23.3. The number of Topliss-reactive ketones (excluding diaryl/α,β-unsaturated/α-hetero) is 1. The third kappa shape index (κ3) is 6.86. The van der Waals surface area contributed by atoms with Gasteiger partial charge in [-0.25, -0.2) is 0 Å². The second-order valence-electron chi connectivity index (χ2n) is 10.0. The standard InChI is InChI=1S/C30H40N2O6/c1-7-37-25-19-22(11-14-24(25)38-18-15-20(2)3)27-26(28(33)21-9-12-23(36-6)13-10-21)29(34)30(35)32(27)17-8-16-31(4)5/h9-14,19-20,27,33H,7-8,15-18H2,1-6H3/b28-26+. The van der Waals surface area contributed by atoms with Crippen LogP contribution in [0.25, 0.3) is 5.76 Å². The van der Waals surface area contributed by atoms with Gasteiger partial charge in [-0.2, -0.15) is 0 Å². The molecule has 1 aliphatic rings. The lowest BCUT2D eigenvalue weighted by atomic mass is 9.95. The van der Waals surface area contributed by atoms with Crippen LogP contribution in [0.4, 0.5) is 0 Å². The normalized spacial score (nSPS) is 16.9. The molecule has 0 bridgehead atoms. The molecule has 3 rings (SSSR count). The first kappa shape index (κ1) is 29.0. The first-order valence-electron chi connectivity index (χ1n) is 13.1. The number of ether oxygens (including phenoxy) is 3. The van der Waals surface area contributed by atoms with Crippen molar-refractivity contribution >= 4 is 17.4 Å². The molecular weight excluding hydrogens is 484 g/mol. The minimum absolute atomic E-state index is 0.0564. The number of ketones is 1. The average Bonchev–Trinajstić information content (AvgIpc) is 3.14. The Morgan fingerprint density at radius 1 is 1.05 bits per heavy atom. The van der Waals surface area contributed by atoms with E-state index in [-0.39, 0.29) is 11.3 Å². The van der Waals surface area contributed by atoms with Crippen LogP contribution in [0, 0.1) is 5.92 Å². The summed E-state index contributed by atoms with van der Waals surface area (Å²) >= 11 is 0. The van der Waals surface area contributed by atoms with Gasteiger partial charge in [-0.15, -0.1) is 0 Å². The molecule has 2 aromatic carbocycles. The molecule has 38 heavy (non-hydrogen) atoms. The second-order valence-corrected chi connectivity index (χ2v) is 10.0. The van der Waals surface area contributed by atoms with E-state index in [0.29, 0.717) is 60.5 Å². The Bertz CT molecular complexity index is 1140. The van der Waals surface area contributed by atoms with Crippen LogP contribution in [0.3, 0.4) is 0 Å². The number of benzene rings is 2. The number of nitrogens with zero attached hydrogens (tertiary/aromatic N) is 2. The maximum Gasteiger partial charge on any atom is 0.295 e. The van der Waals surface area contributed by atoms with Crippen molar-refractivity contribution in [3.63, 3.8) is 0 Å². The van der Waals surface area contributed by atoms with Crippen molar-refractivity contribution < 1.29 is 28.9 Å². The fourth-order valence-corrected chi connectivity index (χ4v) is 4.41. The summed E-state index contributed by atoms with van der Waals surface area (Å²) in [6, 6.07) is 11.4. The molecule has 0 aromatic heterocycles. The Balaban J connectivity index is 2.08. The summed E-state index contributed by atoms with van der Waals surface area (Å²) in [6.45, 7) is 8.26. The minimum atomic E-state index is -0.761. The maximum atomic E-state index is 13.3. The summed E-state index contributed by atoms with van der Waals surface area (Å²) in [5, 5.41) is 11.3. The highest BCUT2D eigenvalue weighted by Gasteiger charge is 2.46. The zero-order chi connectivity index (χ0) is 27.8. The Hall–Kier alpha value is -3.52. The van der Waals surface area contributed by atoms with Crippen molar-refractivity contribution in [2.75, 3.05) is 47.5 Å². The Morgan fingerprint density at radius 3 is 2.37 bits per heavy atom. The van der Waals surface area contributed by atoms with E-state index in [2.05, 4.69) is 13.8 Å². The number of hydrogen-bond acceptors (Lipinski definition) is 7. The number of likely N-dealkylation sites (tertiary alicyclic amines) is 1. The van der Waals surface area contributed by atoms with Crippen LogP contribution in [0.1, 0.15) is 50.8 Å². The molecule has 1 saturated heterocycles. The number of hydrogen-bond donors (Lipinski definition) is 1. The van der Waals surface area contributed by atoms with Crippen molar-refractivity contribution in [1.82, 2.24) is 9.80 Å². The summed E-state index contributed by atoms with van der Waals surface area (Å²) < 4.78 is 17.1. The first-order valence-corrected chi connectivity index (χ1v) is 13.1. The van der Waals surface area contributed by atoms with Gasteiger partial charge in [0.25, 0.3) is 11.7 Å². The van der Waals surface area contributed by atoms with E-state index in [9.17, 15) is 14.7 Å². The van der Waals surface area contributed by atoms with Crippen LogP contribution in [-0.4, -0.2) is 74.1 Å². The van der Waals surface area contributed by atoms with Crippen LogP contribution < -0.4 is 14.2 Å². The Morgan fingerprint density at radius 2 is 1.76 bits per heavy atom. The van der Waals surface area contributed by atoms with Gasteiger partial charge in [0.1, 0.15) is 11.5 Å². The van der Waals surface area contributed by atoms with Gasteiger partial charge in [0.15, 0.2) is 11.5 Å². The topological polar surface area (TPSA) is 88.5 Å². The highest BCUT2D eigenvalue weighted by atomic mass is 16.5. The predicted molar refractivity (Wildman–Crippen MR) is 148 cm³/mol. The molecule has 1 N–H and O–H groups in total. The smallest absolute Gasteiger partial charge is 0.295 e. The third-order valence-electron chi connectivity index (χ3n) is 6.44. The second kappa shape index (κ2) is 13.3. The number of carbonyl (C=O) groups excluding carboxylic acids is 2. The number of amides is 1. The van der Waals surface area contributed by atoms with Crippen molar-refractivity contribution in [2.45, 2.75) is 39.7 Å². The first-order chi connectivity index (χ1) is 18.2. The number of carbonyl (C=O) groups is 2. The van der Waals surface area contributed by atoms with Crippen LogP contribution in [0.5, 0.6) is 17.2 Å². The minimum Gasteiger partial charge on any atom is -0.507 e. The predicted octanol–water partition coefficient (Wildman–Crippen LogP) is 4.89. The molecule has 0 aliphatic carbocycles. The molecule has 1 heterocycles. The van der Waals surface area contributed by atoms with E-state index in [1.807, 2.05) is 44.1 Å². The lowest BCUT2D eigenvalue weighted by Gasteiger charge is -2.26. The molecule has 0 saturated carbocycles. The fourth-order valence-electron chi connectivity index (χ4n) is 4.41. The molecule has 1 atom stereocenters. The summed E-state index contributed by atoms with van der Waals surface area (Å²) in [5.41, 5.74) is 1.16. The van der Waals surface area contributed by atoms with Crippen LogP contribution >= 0.6 is 0 Å². The van der Waals surface area contributed by atoms with Crippen molar-refractivity contribution in [1.29, 1.82) is 0 Å². The number of aliphatic hydroxyl groups is 1. The highest BCUT2D eigenvalue weighted by molar-refractivity contribution is 6.46. The quantitative estimate of drug-likeness (QED) is 0.227. The molecule has 8 heteroatoms. The van der Waals surface area contributed by atoms with E-state index < -0.39 is 17.7 Å². The lowest BCUT2D eigenvalue weighted by Crippen LogP contribution is -2.32. The van der Waals surface area contributed by atoms with E-state index in [4.69, 9.17) is 14.2 Å². The molecule has 8 nitrogen and oxygen atoms in total. The Labute approximate surface area is 225 Å². The van der Waals surface area contributed by atoms with Gasteiger partial charge in [0.05, 0.1) is 31.9 Å². The average molecular weight is 525 g/mol. The van der Waals surface area contributed by atoms with Gasteiger partial charge >= 0.3 is 0 Å². The van der Waals surface area contributed by atoms with Gasteiger partial charge < -0.3 is 29.1 Å². The van der Waals surface area contributed by atoms with E-state index >= 15 is 0 Å². The largest absolute Gasteiger partial charge is 0.507 e. The summed E-state index contributed by atoms with van der Waals surface area (Å²) in [7, 11) is 5.48. The number of aliphatic hydroxyl groups excluding tert-OH is 1. The molecule has 2 aromatic rings. The molecule has 206 valence electrons. The highest BCUT2D eigenvalue weighted by Crippen LogP contribution is 2.42. The van der Waals surface area contributed by atoms with Crippen molar-refractivity contribution in [3.05, 3.63) is 59.2 Å². The molecular formula is C30H40N2O6. The van der Waals surface area contributed by atoms with E-state index in [1.165, 1.54) is 0 Å². The molecule has 1 fully saturated rings. The van der Waals surface area contributed by atoms with Gasteiger partial charge in [-0.1, -0.05) is 19.9 Å². The molecule has 0 radical (unpaired) electrons. The van der Waals surface area contributed by atoms with Crippen molar-refractivity contribution in [2.24, 2.45) is 5.92 Å². The maximum absolute atomic E-state index is 13.3. The number of rotatable bonds is 13. The van der Waals surface area contributed by atoms with Crippen LogP contribution in [0.15, 0.2) is 48.0 Å². The summed E-state index contributed by atoms with van der Waals surface area (Å²) in [5.74, 6) is 0.720. The van der Waals surface area contributed by atoms with Gasteiger partial charge in [-0.05, 0) is 88.3 Å².